The van der Waals surface area contributed by atoms with E-state index in [1.165, 1.54) is 19.3 Å². The van der Waals surface area contributed by atoms with Gasteiger partial charge < -0.3 is 5.11 Å². The van der Waals surface area contributed by atoms with Crippen molar-refractivity contribution < 1.29 is 5.11 Å². The maximum absolute atomic E-state index is 10.8. The third kappa shape index (κ3) is 1.32. The Kier molecular flexibility index (Phi) is 2.28. The molecular formula is C12H19N3O. The highest BCUT2D eigenvalue weighted by Crippen LogP contribution is 2.55. The van der Waals surface area contributed by atoms with Gasteiger partial charge in [0.05, 0.1) is 11.9 Å². The van der Waals surface area contributed by atoms with Gasteiger partial charge in [-0.15, -0.1) is 5.10 Å². The molecule has 0 radical (unpaired) electrons. The Hall–Kier alpha value is -0.900. The zero-order chi connectivity index (χ0) is 11.2. The third-order valence-corrected chi connectivity index (χ3v) is 4.31. The van der Waals surface area contributed by atoms with E-state index >= 15 is 0 Å². The van der Waals surface area contributed by atoms with Crippen LogP contribution in [0.4, 0.5) is 0 Å². The second kappa shape index (κ2) is 3.55. The molecule has 0 aromatic carbocycles. The fourth-order valence-corrected chi connectivity index (χ4v) is 3.58. The summed E-state index contributed by atoms with van der Waals surface area (Å²) in [6, 6.07) is 0. The lowest BCUT2D eigenvalue weighted by Crippen LogP contribution is -2.34. The lowest BCUT2D eigenvalue weighted by molar-refractivity contribution is -0.0261. The van der Waals surface area contributed by atoms with E-state index in [9.17, 15) is 5.11 Å². The number of aromatic nitrogens is 3. The van der Waals surface area contributed by atoms with E-state index in [2.05, 4.69) is 17.2 Å². The first-order chi connectivity index (χ1) is 7.74. The van der Waals surface area contributed by atoms with Crippen LogP contribution in [-0.4, -0.2) is 20.1 Å². The van der Waals surface area contributed by atoms with E-state index in [4.69, 9.17) is 0 Å². The molecule has 3 unspecified atom stereocenters. The highest BCUT2D eigenvalue weighted by atomic mass is 16.3. The monoisotopic (exact) mass is 221 g/mol. The molecule has 88 valence electrons. The van der Waals surface area contributed by atoms with Crippen LogP contribution in [0.15, 0.2) is 6.20 Å². The van der Waals surface area contributed by atoms with Crippen LogP contribution >= 0.6 is 0 Å². The number of nitrogens with zero attached hydrogens (tertiary/aromatic N) is 3. The summed E-state index contributed by atoms with van der Waals surface area (Å²) in [5.74, 6) is 1.16. The van der Waals surface area contributed by atoms with Gasteiger partial charge in [0, 0.05) is 6.54 Å². The minimum Gasteiger partial charge on any atom is -0.383 e. The maximum Gasteiger partial charge on any atom is 0.111 e. The van der Waals surface area contributed by atoms with Gasteiger partial charge in [0.15, 0.2) is 0 Å². The van der Waals surface area contributed by atoms with Crippen LogP contribution in [0.1, 0.15) is 44.7 Å². The van der Waals surface area contributed by atoms with Crippen LogP contribution in [0.2, 0.25) is 0 Å². The van der Waals surface area contributed by atoms with Gasteiger partial charge in [-0.1, -0.05) is 12.1 Å². The first-order valence-corrected chi connectivity index (χ1v) is 6.35. The zero-order valence-electron chi connectivity index (χ0n) is 9.76. The van der Waals surface area contributed by atoms with E-state index in [0.717, 1.165) is 31.0 Å². The summed E-state index contributed by atoms with van der Waals surface area (Å²) in [6.07, 6.45) is 7.35. The second-order valence-electron chi connectivity index (χ2n) is 5.35. The Morgan fingerprint density at radius 1 is 1.56 bits per heavy atom. The van der Waals surface area contributed by atoms with Crippen molar-refractivity contribution in [2.45, 2.75) is 51.2 Å². The lowest BCUT2D eigenvalue weighted by atomic mass is 9.82. The Morgan fingerprint density at radius 2 is 2.44 bits per heavy atom. The van der Waals surface area contributed by atoms with Gasteiger partial charge >= 0.3 is 0 Å². The fraction of sp³-hybridized carbons (Fsp3) is 0.833. The summed E-state index contributed by atoms with van der Waals surface area (Å²) in [7, 11) is 0. The van der Waals surface area contributed by atoms with Crippen LogP contribution < -0.4 is 0 Å². The molecule has 2 fully saturated rings. The molecule has 1 aromatic heterocycles. The molecule has 0 spiro atoms. The molecule has 4 heteroatoms. The molecule has 1 N–H and O–H groups in total. The number of aryl methyl sites for hydroxylation is 1. The number of hydrogen-bond acceptors (Lipinski definition) is 3. The summed E-state index contributed by atoms with van der Waals surface area (Å²) in [5, 5.41) is 18.9. The molecule has 4 nitrogen and oxygen atoms in total. The Balaban J connectivity index is 1.93. The number of aliphatic hydroxyl groups is 1. The predicted octanol–water partition coefficient (Wildman–Crippen LogP) is 1.70. The molecule has 16 heavy (non-hydrogen) atoms. The molecule has 1 aromatic rings. The van der Waals surface area contributed by atoms with E-state index in [1.54, 1.807) is 6.20 Å². The summed E-state index contributed by atoms with van der Waals surface area (Å²) >= 11 is 0. The van der Waals surface area contributed by atoms with Crippen molar-refractivity contribution in [3.05, 3.63) is 11.9 Å². The fourth-order valence-electron chi connectivity index (χ4n) is 3.58. The van der Waals surface area contributed by atoms with Crippen LogP contribution in [0.5, 0.6) is 0 Å². The summed E-state index contributed by atoms with van der Waals surface area (Å²) in [4.78, 5) is 0. The van der Waals surface area contributed by atoms with Gasteiger partial charge in [-0.05, 0) is 43.9 Å². The van der Waals surface area contributed by atoms with Gasteiger partial charge in [0.1, 0.15) is 5.60 Å². The third-order valence-electron chi connectivity index (χ3n) is 4.31. The molecule has 2 saturated carbocycles. The van der Waals surface area contributed by atoms with Crippen LogP contribution in [-0.2, 0) is 12.1 Å². The van der Waals surface area contributed by atoms with Crippen molar-refractivity contribution in [1.29, 1.82) is 0 Å². The van der Waals surface area contributed by atoms with Crippen molar-refractivity contribution >= 4 is 0 Å². The average Bonchev–Trinajstić information content (AvgIpc) is 2.91. The Morgan fingerprint density at radius 3 is 3.06 bits per heavy atom. The van der Waals surface area contributed by atoms with Crippen molar-refractivity contribution in [2.24, 2.45) is 11.8 Å². The molecule has 0 amide bonds. The van der Waals surface area contributed by atoms with E-state index in [0.29, 0.717) is 5.92 Å². The minimum atomic E-state index is -0.637. The van der Waals surface area contributed by atoms with E-state index < -0.39 is 5.60 Å². The van der Waals surface area contributed by atoms with Crippen LogP contribution in [0.25, 0.3) is 0 Å². The molecule has 3 rings (SSSR count). The Bertz CT molecular complexity index is 389. The molecule has 0 saturated heterocycles. The minimum absolute atomic E-state index is 0.437. The molecule has 2 aliphatic rings. The highest BCUT2D eigenvalue weighted by Gasteiger charge is 2.52. The van der Waals surface area contributed by atoms with Crippen LogP contribution in [0.3, 0.4) is 0 Å². The second-order valence-corrected chi connectivity index (χ2v) is 5.35. The molecule has 2 aliphatic carbocycles. The van der Waals surface area contributed by atoms with Crippen molar-refractivity contribution in [1.82, 2.24) is 15.0 Å². The zero-order valence-corrected chi connectivity index (χ0v) is 9.76. The summed E-state index contributed by atoms with van der Waals surface area (Å²) in [5.41, 5.74) is 0.309. The normalized spacial score (nSPS) is 37.1. The molecule has 2 bridgehead atoms. The average molecular weight is 221 g/mol. The van der Waals surface area contributed by atoms with Gasteiger partial charge in [-0.25, -0.2) is 4.68 Å². The largest absolute Gasteiger partial charge is 0.383 e. The van der Waals surface area contributed by atoms with Gasteiger partial charge in [-0.3, -0.25) is 0 Å². The maximum atomic E-state index is 10.8. The van der Waals surface area contributed by atoms with Crippen LogP contribution in [0, 0.1) is 11.8 Å². The van der Waals surface area contributed by atoms with Gasteiger partial charge in [0.2, 0.25) is 0 Å². The molecule has 3 atom stereocenters. The Labute approximate surface area is 95.7 Å². The van der Waals surface area contributed by atoms with Crippen molar-refractivity contribution in [3.8, 4) is 0 Å². The van der Waals surface area contributed by atoms with Crippen molar-refractivity contribution in [3.63, 3.8) is 0 Å². The van der Waals surface area contributed by atoms with Crippen molar-refractivity contribution in [2.75, 3.05) is 0 Å². The molecule has 0 aliphatic heterocycles. The highest BCUT2D eigenvalue weighted by molar-refractivity contribution is 5.16. The smallest absolute Gasteiger partial charge is 0.111 e. The first kappa shape index (κ1) is 10.3. The predicted molar refractivity (Wildman–Crippen MR) is 59.7 cm³/mol. The van der Waals surface area contributed by atoms with E-state index in [1.807, 2.05) is 4.68 Å². The number of fused-ring (bicyclic) bond motifs is 2. The topological polar surface area (TPSA) is 50.9 Å². The summed E-state index contributed by atoms with van der Waals surface area (Å²) < 4.78 is 1.89. The SMILES string of the molecule is CCCn1nncc1C1(O)CC2CCC1C2. The first-order valence-electron chi connectivity index (χ1n) is 6.35. The lowest BCUT2D eigenvalue weighted by Gasteiger charge is -2.32. The molecular weight excluding hydrogens is 202 g/mol. The van der Waals surface area contributed by atoms with E-state index in [-0.39, 0.29) is 0 Å². The quantitative estimate of drug-likeness (QED) is 0.845. The number of hydrogen-bond donors (Lipinski definition) is 1. The standard InChI is InChI=1S/C12H19N3O/c1-2-5-15-11(8-13-14-15)12(16)7-9-3-4-10(12)6-9/h8-10,16H,2-7H2,1H3. The van der Waals surface area contributed by atoms with Gasteiger partial charge in [-0.2, -0.15) is 0 Å². The van der Waals surface area contributed by atoms with Gasteiger partial charge in [0.25, 0.3) is 0 Å². The summed E-state index contributed by atoms with van der Waals surface area (Å²) in [6.45, 7) is 2.98. The number of rotatable bonds is 3. The molecule has 1 heterocycles.